The van der Waals surface area contributed by atoms with E-state index in [0.717, 1.165) is 31.9 Å². The first-order valence-electron chi connectivity index (χ1n) is 6.38. The van der Waals surface area contributed by atoms with E-state index in [0.29, 0.717) is 11.2 Å². The predicted octanol–water partition coefficient (Wildman–Crippen LogP) is 3.06. The summed E-state index contributed by atoms with van der Waals surface area (Å²) < 4.78 is 18.5. The first-order chi connectivity index (χ1) is 8.65. The van der Waals surface area contributed by atoms with Crippen LogP contribution in [0.2, 0.25) is 0 Å². The van der Waals surface area contributed by atoms with Crippen LogP contribution >= 0.6 is 11.8 Å². The number of ether oxygens (including phenoxy) is 1. The van der Waals surface area contributed by atoms with Crippen LogP contribution in [0.3, 0.4) is 0 Å². The van der Waals surface area contributed by atoms with Gasteiger partial charge in [-0.15, -0.1) is 11.8 Å². The molecular weight excluding hydrogens is 249 g/mol. The molecule has 2 rings (SSSR count). The standard InChI is InChI=1S/C14H20FNOS/c1-10(2)6-16-7-11-5-12(15)3-4-14(11)18-13-8-17-9-13/h3-5,10,13,16H,6-9H2,1-2H3. The zero-order valence-electron chi connectivity index (χ0n) is 10.9. The molecule has 1 aromatic rings. The highest BCUT2D eigenvalue weighted by Gasteiger charge is 2.20. The summed E-state index contributed by atoms with van der Waals surface area (Å²) in [6.45, 7) is 7.63. The molecule has 1 aromatic carbocycles. The van der Waals surface area contributed by atoms with Crippen molar-refractivity contribution in [2.75, 3.05) is 19.8 Å². The normalized spacial score (nSPS) is 16.0. The van der Waals surface area contributed by atoms with E-state index in [-0.39, 0.29) is 5.82 Å². The molecule has 1 saturated heterocycles. The van der Waals surface area contributed by atoms with Gasteiger partial charge in [-0.05, 0) is 36.2 Å². The van der Waals surface area contributed by atoms with Gasteiger partial charge in [0.1, 0.15) is 5.82 Å². The Morgan fingerprint density at radius 1 is 1.44 bits per heavy atom. The summed E-state index contributed by atoms with van der Waals surface area (Å²) in [4.78, 5) is 1.17. The fourth-order valence-corrected chi connectivity index (χ4v) is 2.88. The maximum atomic E-state index is 13.3. The van der Waals surface area contributed by atoms with Crippen LogP contribution in [0.1, 0.15) is 19.4 Å². The van der Waals surface area contributed by atoms with E-state index in [9.17, 15) is 4.39 Å². The van der Waals surface area contributed by atoms with Crippen molar-refractivity contribution in [3.8, 4) is 0 Å². The summed E-state index contributed by atoms with van der Waals surface area (Å²) in [5.41, 5.74) is 1.05. The number of benzene rings is 1. The predicted molar refractivity (Wildman–Crippen MR) is 73.4 cm³/mol. The third-order valence-electron chi connectivity index (χ3n) is 2.79. The van der Waals surface area contributed by atoms with Gasteiger partial charge in [0.15, 0.2) is 0 Å². The van der Waals surface area contributed by atoms with Gasteiger partial charge in [0.05, 0.1) is 18.5 Å². The van der Waals surface area contributed by atoms with Crippen LogP contribution in [-0.2, 0) is 11.3 Å². The van der Waals surface area contributed by atoms with Crippen LogP contribution in [0.5, 0.6) is 0 Å². The number of halogens is 1. The van der Waals surface area contributed by atoms with E-state index < -0.39 is 0 Å². The average Bonchev–Trinajstić information content (AvgIpc) is 2.25. The van der Waals surface area contributed by atoms with Gasteiger partial charge in [-0.25, -0.2) is 4.39 Å². The van der Waals surface area contributed by atoms with Gasteiger partial charge in [0, 0.05) is 11.4 Å². The summed E-state index contributed by atoms with van der Waals surface area (Å²) in [7, 11) is 0. The molecule has 1 N–H and O–H groups in total. The Kier molecular flexibility index (Phi) is 5.03. The van der Waals surface area contributed by atoms with E-state index in [2.05, 4.69) is 19.2 Å². The van der Waals surface area contributed by atoms with E-state index in [1.807, 2.05) is 6.07 Å². The Balaban J connectivity index is 1.98. The zero-order chi connectivity index (χ0) is 13.0. The zero-order valence-corrected chi connectivity index (χ0v) is 11.7. The Morgan fingerprint density at radius 3 is 2.83 bits per heavy atom. The first kappa shape index (κ1) is 13.8. The molecule has 2 nitrogen and oxygen atoms in total. The Hall–Kier alpha value is -0.580. The van der Waals surface area contributed by atoms with E-state index in [4.69, 9.17) is 4.74 Å². The van der Waals surface area contributed by atoms with Gasteiger partial charge in [0.2, 0.25) is 0 Å². The second kappa shape index (κ2) is 6.55. The van der Waals surface area contributed by atoms with Crippen molar-refractivity contribution in [1.29, 1.82) is 0 Å². The highest BCUT2D eigenvalue weighted by Crippen LogP contribution is 2.31. The average molecular weight is 269 g/mol. The molecule has 1 aliphatic rings. The molecule has 0 radical (unpaired) electrons. The van der Waals surface area contributed by atoms with Crippen molar-refractivity contribution >= 4 is 11.8 Å². The highest BCUT2D eigenvalue weighted by atomic mass is 32.2. The molecular formula is C14H20FNOS. The SMILES string of the molecule is CC(C)CNCc1cc(F)ccc1SC1COC1. The fourth-order valence-electron chi connectivity index (χ4n) is 1.76. The lowest BCUT2D eigenvalue weighted by Crippen LogP contribution is -2.30. The van der Waals surface area contributed by atoms with Crippen LogP contribution in [0.4, 0.5) is 4.39 Å². The first-order valence-corrected chi connectivity index (χ1v) is 7.26. The van der Waals surface area contributed by atoms with Gasteiger partial charge in [-0.1, -0.05) is 13.8 Å². The topological polar surface area (TPSA) is 21.3 Å². The van der Waals surface area contributed by atoms with Crippen molar-refractivity contribution in [2.24, 2.45) is 5.92 Å². The Morgan fingerprint density at radius 2 is 2.22 bits per heavy atom. The monoisotopic (exact) mass is 269 g/mol. The minimum atomic E-state index is -0.162. The van der Waals surface area contributed by atoms with Gasteiger partial charge < -0.3 is 10.1 Å². The van der Waals surface area contributed by atoms with Crippen molar-refractivity contribution in [3.63, 3.8) is 0 Å². The maximum absolute atomic E-state index is 13.3. The number of rotatable bonds is 6. The molecule has 1 heterocycles. The lowest BCUT2D eigenvalue weighted by molar-refractivity contribution is 0.0455. The van der Waals surface area contributed by atoms with E-state index in [1.54, 1.807) is 17.8 Å². The van der Waals surface area contributed by atoms with E-state index in [1.165, 1.54) is 11.0 Å². The second-order valence-corrected chi connectivity index (χ2v) is 6.40. The lowest BCUT2D eigenvalue weighted by Gasteiger charge is -2.26. The van der Waals surface area contributed by atoms with Crippen molar-refractivity contribution in [2.45, 2.75) is 30.5 Å². The summed E-state index contributed by atoms with van der Waals surface area (Å²) >= 11 is 1.79. The molecule has 0 unspecified atom stereocenters. The molecule has 4 heteroatoms. The number of hydrogen-bond acceptors (Lipinski definition) is 3. The molecule has 100 valence electrons. The van der Waals surface area contributed by atoms with Gasteiger partial charge in [-0.2, -0.15) is 0 Å². The third kappa shape index (κ3) is 3.97. The number of nitrogens with one attached hydrogen (secondary N) is 1. The summed E-state index contributed by atoms with van der Waals surface area (Å²) in [6, 6.07) is 5.05. The molecule has 0 aliphatic carbocycles. The van der Waals surface area contributed by atoms with Crippen molar-refractivity contribution in [3.05, 3.63) is 29.6 Å². The molecule has 0 atom stereocenters. The quantitative estimate of drug-likeness (QED) is 0.857. The van der Waals surface area contributed by atoms with Crippen LogP contribution in [0.25, 0.3) is 0 Å². The molecule has 1 fully saturated rings. The minimum absolute atomic E-state index is 0.162. The smallest absolute Gasteiger partial charge is 0.123 e. The Labute approximate surface area is 112 Å². The molecule has 1 aliphatic heterocycles. The van der Waals surface area contributed by atoms with E-state index >= 15 is 0 Å². The largest absolute Gasteiger partial charge is 0.379 e. The number of thioether (sulfide) groups is 1. The fraction of sp³-hybridized carbons (Fsp3) is 0.571. The molecule has 0 aromatic heterocycles. The summed E-state index contributed by atoms with van der Waals surface area (Å²) in [5, 5.41) is 3.89. The molecule has 18 heavy (non-hydrogen) atoms. The third-order valence-corrected chi connectivity index (χ3v) is 4.05. The van der Waals surface area contributed by atoms with Crippen molar-refractivity contribution < 1.29 is 9.13 Å². The lowest BCUT2D eigenvalue weighted by atomic mass is 10.2. The van der Waals surface area contributed by atoms with Crippen LogP contribution in [0.15, 0.2) is 23.1 Å². The molecule has 0 bridgehead atoms. The highest BCUT2D eigenvalue weighted by molar-refractivity contribution is 8.00. The Bertz CT molecular complexity index is 393. The number of hydrogen-bond donors (Lipinski definition) is 1. The molecule has 0 amide bonds. The van der Waals surface area contributed by atoms with Crippen molar-refractivity contribution in [1.82, 2.24) is 5.32 Å². The maximum Gasteiger partial charge on any atom is 0.123 e. The van der Waals surface area contributed by atoms with Crippen LogP contribution in [0, 0.1) is 11.7 Å². The molecule has 0 saturated carbocycles. The van der Waals surface area contributed by atoms with Gasteiger partial charge in [-0.3, -0.25) is 0 Å². The second-order valence-electron chi connectivity index (χ2n) is 5.05. The van der Waals surface area contributed by atoms with Gasteiger partial charge in [0.25, 0.3) is 0 Å². The van der Waals surface area contributed by atoms with Gasteiger partial charge >= 0.3 is 0 Å². The minimum Gasteiger partial charge on any atom is -0.379 e. The van der Waals surface area contributed by atoms with Crippen LogP contribution < -0.4 is 5.32 Å². The summed E-state index contributed by atoms with van der Waals surface area (Å²) in [6.07, 6.45) is 0. The molecule has 0 spiro atoms. The van der Waals surface area contributed by atoms with Crippen LogP contribution in [-0.4, -0.2) is 25.0 Å². The summed E-state index contributed by atoms with van der Waals surface area (Å²) in [5.74, 6) is 0.445.